The summed E-state index contributed by atoms with van der Waals surface area (Å²) in [5.74, 6) is 0.822. The molecule has 0 aliphatic carbocycles. The summed E-state index contributed by atoms with van der Waals surface area (Å²) in [5.41, 5.74) is 0. The normalized spacial score (nSPS) is 7.30. The Bertz CT molecular complexity index is 176. The second-order valence-corrected chi connectivity index (χ2v) is 1.40. The highest BCUT2D eigenvalue weighted by Gasteiger charge is 1.74. The van der Waals surface area contributed by atoms with Gasteiger partial charge in [-0.1, -0.05) is 0 Å². The van der Waals surface area contributed by atoms with Crippen LogP contribution in [0.4, 0.5) is 0 Å². The Balaban J connectivity index is 0.000000236. The standard InChI is InChI=1S/C5H6N2.CH2O2/c1-5-6-3-2-4-7-5;2-1-3/h2-4H,1H3;1H,(H,2,3). The van der Waals surface area contributed by atoms with E-state index < -0.39 is 0 Å². The summed E-state index contributed by atoms with van der Waals surface area (Å²) in [4.78, 5) is 16.1. The molecule has 1 rings (SSSR count). The van der Waals surface area contributed by atoms with Crippen LogP contribution < -0.4 is 0 Å². The van der Waals surface area contributed by atoms with Crippen LogP contribution in [-0.2, 0) is 4.79 Å². The molecule has 1 N–H and O–H groups in total. The van der Waals surface area contributed by atoms with Gasteiger partial charge in [0.05, 0.1) is 0 Å². The lowest BCUT2D eigenvalue weighted by Gasteiger charge is -1.81. The molecule has 10 heavy (non-hydrogen) atoms. The molecule has 0 fully saturated rings. The molecular formula is C6H8N2O2. The fraction of sp³-hybridized carbons (Fsp3) is 0.167. The predicted molar refractivity (Wildman–Crippen MR) is 35.5 cm³/mol. The zero-order valence-corrected chi connectivity index (χ0v) is 5.56. The van der Waals surface area contributed by atoms with Crippen molar-refractivity contribution in [3.63, 3.8) is 0 Å². The van der Waals surface area contributed by atoms with Gasteiger partial charge in [-0.15, -0.1) is 0 Å². The first-order chi connectivity index (χ1) is 4.81. The highest BCUT2D eigenvalue weighted by Crippen LogP contribution is 1.78. The lowest BCUT2D eigenvalue weighted by molar-refractivity contribution is -0.122. The van der Waals surface area contributed by atoms with E-state index in [1.165, 1.54) is 0 Å². The molecule has 4 heteroatoms. The van der Waals surface area contributed by atoms with E-state index in [0.717, 1.165) is 5.82 Å². The molecule has 0 amide bonds. The second-order valence-electron chi connectivity index (χ2n) is 1.40. The van der Waals surface area contributed by atoms with Gasteiger partial charge in [-0.05, 0) is 13.0 Å². The van der Waals surface area contributed by atoms with Crippen LogP contribution in [0.2, 0.25) is 0 Å². The Hall–Kier alpha value is -1.45. The molecule has 1 heterocycles. The van der Waals surface area contributed by atoms with Crippen molar-refractivity contribution >= 4 is 6.47 Å². The Morgan fingerprint density at radius 3 is 2.10 bits per heavy atom. The molecule has 0 aromatic carbocycles. The quantitative estimate of drug-likeness (QED) is 0.532. The number of nitrogens with zero attached hydrogens (tertiary/aromatic N) is 2. The van der Waals surface area contributed by atoms with Crippen molar-refractivity contribution in [3.05, 3.63) is 24.3 Å². The number of hydrogen-bond donors (Lipinski definition) is 1. The maximum absolute atomic E-state index is 8.36. The molecule has 54 valence electrons. The number of aromatic nitrogens is 2. The smallest absolute Gasteiger partial charge is 0.290 e. The molecule has 0 atom stereocenters. The largest absolute Gasteiger partial charge is 0.483 e. The molecule has 1 aromatic rings. The molecule has 0 unspecified atom stereocenters. The van der Waals surface area contributed by atoms with E-state index in [1.54, 1.807) is 18.5 Å². The van der Waals surface area contributed by atoms with Gasteiger partial charge in [0, 0.05) is 12.4 Å². The Morgan fingerprint density at radius 2 is 1.90 bits per heavy atom. The third-order valence-electron chi connectivity index (χ3n) is 0.695. The van der Waals surface area contributed by atoms with Gasteiger partial charge in [0.25, 0.3) is 6.47 Å². The van der Waals surface area contributed by atoms with Crippen LogP contribution >= 0.6 is 0 Å². The SMILES string of the molecule is Cc1ncccn1.O=CO. The monoisotopic (exact) mass is 140 g/mol. The summed E-state index contributed by atoms with van der Waals surface area (Å²) < 4.78 is 0. The highest BCUT2D eigenvalue weighted by atomic mass is 16.3. The lowest BCUT2D eigenvalue weighted by Crippen LogP contribution is -1.80. The van der Waals surface area contributed by atoms with Crippen molar-refractivity contribution in [3.8, 4) is 0 Å². The first kappa shape index (κ1) is 8.55. The van der Waals surface area contributed by atoms with Crippen LogP contribution in [0, 0.1) is 6.92 Å². The minimum Gasteiger partial charge on any atom is -0.483 e. The molecule has 0 saturated carbocycles. The summed E-state index contributed by atoms with van der Waals surface area (Å²) >= 11 is 0. The van der Waals surface area contributed by atoms with Crippen LogP contribution in [0.3, 0.4) is 0 Å². The lowest BCUT2D eigenvalue weighted by atomic mass is 10.6. The maximum Gasteiger partial charge on any atom is 0.290 e. The van der Waals surface area contributed by atoms with Crippen LogP contribution in [0.15, 0.2) is 18.5 Å². The first-order valence-corrected chi connectivity index (χ1v) is 2.62. The van der Waals surface area contributed by atoms with Gasteiger partial charge in [0.2, 0.25) is 0 Å². The Kier molecular flexibility index (Phi) is 4.86. The Labute approximate surface area is 58.6 Å². The number of rotatable bonds is 0. The van der Waals surface area contributed by atoms with E-state index in [0.29, 0.717) is 0 Å². The van der Waals surface area contributed by atoms with Gasteiger partial charge in [-0.2, -0.15) is 0 Å². The number of carboxylic acid groups (broad SMARTS) is 1. The average Bonchev–Trinajstić information content (AvgIpc) is 1.91. The third kappa shape index (κ3) is 4.70. The van der Waals surface area contributed by atoms with Crippen molar-refractivity contribution in [1.82, 2.24) is 9.97 Å². The van der Waals surface area contributed by atoms with Crippen LogP contribution in [-0.4, -0.2) is 21.5 Å². The first-order valence-electron chi connectivity index (χ1n) is 2.62. The summed E-state index contributed by atoms with van der Waals surface area (Å²) in [6.07, 6.45) is 3.45. The molecule has 0 aliphatic heterocycles. The fourth-order valence-electron chi connectivity index (χ4n) is 0.374. The second kappa shape index (κ2) is 5.68. The summed E-state index contributed by atoms with van der Waals surface area (Å²) in [6.45, 7) is 1.61. The van der Waals surface area contributed by atoms with Crippen molar-refractivity contribution < 1.29 is 9.90 Å². The molecule has 0 bridgehead atoms. The molecule has 4 nitrogen and oxygen atoms in total. The van der Waals surface area contributed by atoms with E-state index >= 15 is 0 Å². The Morgan fingerprint density at radius 1 is 1.50 bits per heavy atom. The van der Waals surface area contributed by atoms with Gasteiger partial charge in [0.15, 0.2) is 0 Å². The van der Waals surface area contributed by atoms with E-state index in [2.05, 4.69) is 9.97 Å². The predicted octanol–water partition coefficient (Wildman–Crippen LogP) is 0.486. The molecule has 0 spiro atoms. The van der Waals surface area contributed by atoms with Gasteiger partial charge in [-0.3, -0.25) is 4.79 Å². The maximum atomic E-state index is 8.36. The zero-order chi connectivity index (χ0) is 7.82. The average molecular weight is 140 g/mol. The van der Waals surface area contributed by atoms with Gasteiger partial charge >= 0.3 is 0 Å². The van der Waals surface area contributed by atoms with Crippen molar-refractivity contribution in [1.29, 1.82) is 0 Å². The molecular weight excluding hydrogens is 132 g/mol. The number of aryl methyl sites for hydroxylation is 1. The topological polar surface area (TPSA) is 63.1 Å². The van der Waals surface area contributed by atoms with E-state index in [9.17, 15) is 0 Å². The van der Waals surface area contributed by atoms with Crippen molar-refractivity contribution in [2.45, 2.75) is 6.92 Å². The summed E-state index contributed by atoms with van der Waals surface area (Å²) in [6, 6.07) is 1.80. The van der Waals surface area contributed by atoms with Crippen LogP contribution in [0.5, 0.6) is 0 Å². The summed E-state index contributed by atoms with van der Waals surface area (Å²) in [5, 5.41) is 6.89. The molecule has 0 radical (unpaired) electrons. The molecule has 1 aromatic heterocycles. The van der Waals surface area contributed by atoms with Crippen LogP contribution in [0.25, 0.3) is 0 Å². The zero-order valence-electron chi connectivity index (χ0n) is 5.56. The van der Waals surface area contributed by atoms with E-state index in [1.807, 2.05) is 6.92 Å². The number of hydrogen-bond acceptors (Lipinski definition) is 3. The summed E-state index contributed by atoms with van der Waals surface area (Å²) in [7, 11) is 0. The van der Waals surface area contributed by atoms with Gasteiger partial charge in [0.1, 0.15) is 5.82 Å². The third-order valence-corrected chi connectivity index (χ3v) is 0.695. The molecule has 0 saturated heterocycles. The highest BCUT2D eigenvalue weighted by molar-refractivity contribution is 5.32. The number of carbonyl (C=O) groups is 1. The van der Waals surface area contributed by atoms with Gasteiger partial charge in [-0.25, -0.2) is 9.97 Å². The van der Waals surface area contributed by atoms with Crippen LogP contribution in [0.1, 0.15) is 5.82 Å². The van der Waals surface area contributed by atoms with E-state index in [4.69, 9.17) is 9.90 Å². The minimum atomic E-state index is -0.250. The van der Waals surface area contributed by atoms with E-state index in [-0.39, 0.29) is 6.47 Å². The van der Waals surface area contributed by atoms with Crippen molar-refractivity contribution in [2.75, 3.05) is 0 Å². The fourth-order valence-corrected chi connectivity index (χ4v) is 0.374. The van der Waals surface area contributed by atoms with Gasteiger partial charge < -0.3 is 5.11 Å². The molecule has 0 aliphatic rings. The minimum absolute atomic E-state index is 0.250. The van der Waals surface area contributed by atoms with Crippen molar-refractivity contribution in [2.24, 2.45) is 0 Å².